The molecule has 2 aromatic rings. The molecular formula is C13H20N6O. The van der Waals surface area contributed by atoms with E-state index in [0.717, 1.165) is 17.0 Å². The number of carbonyl (C=O) groups is 1. The Kier molecular flexibility index (Phi) is 3.78. The van der Waals surface area contributed by atoms with Gasteiger partial charge in [-0.3, -0.25) is 14.2 Å². The summed E-state index contributed by atoms with van der Waals surface area (Å²) in [5, 5.41) is 11.3. The van der Waals surface area contributed by atoms with Crippen LogP contribution >= 0.6 is 0 Å². The van der Waals surface area contributed by atoms with E-state index in [1.54, 1.807) is 11.7 Å². The van der Waals surface area contributed by atoms with E-state index >= 15 is 0 Å². The first-order valence-electron chi connectivity index (χ1n) is 6.52. The topological polar surface area (TPSA) is 90.8 Å². The lowest BCUT2D eigenvalue weighted by molar-refractivity contribution is 0.0942. The van der Waals surface area contributed by atoms with Crippen molar-refractivity contribution in [2.75, 3.05) is 5.73 Å². The molecule has 2 heterocycles. The molecule has 20 heavy (non-hydrogen) atoms. The summed E-state index contributed by atoms with van der Waals surface area (Å²) < 4.78 is 3.25. The van der Waals surface area contributed by atoms with Crippen LogP contribution in [-0.2, 0) is 27.1 Å². The summed E-state index contributed by atoms with van der Waals surface area (Å²) in [5.74, 6) is -0.222. The van der Waals surface area contributed by atoms with E-state index in [9.17, 15) is 4.79 Å². The third-order valence-electron chi connectivity index (χ3n) is 3.26. The molecule has 2 rings (SSSR count). The average Bonchev–Trinajstić information content (AvgIpc) is 2.86. The fourth-order valence-corrected chi connectivity index (χ4v) is 2.21. The largest absolute Gasteiger partial charge is 0.395 e. The molecule has 0 aliphatic heterocycles. The number of anilines is 1. The molecule has 0 aliphatic rings. The summed E-state index contributed by atoms with van der Waals surface area (Å²) in [5.41, 5.74) is 9.45. The highest BCUT2D eigenvalue weighted by Crippen LogP contribution is 2.17. The highest BCUT2D eigenvalue weighted by Gasteiger charge is 2.19. The lowest BCUT2D eigenvalue weighted by Gasteiger charge is -2.05. The quantitative estimate of drug-likeness (QED) is 0.852. The predicted molar refractivity (Wildman–Crippen MR) is 76.1 cm³/mol. The van der Waals surface area contributed by atoms with Gasteiger partial charge in [0.15, 0.2) is 0 Å². The van der Waals surface area contributed by atoms with Gasteiger partial charge in [-0.2, -0.15) is 10.2 Å². The van der Waals surface area contributed by atoms with Crippen LogP contribution in [0.3, 0.4) is 0 Å². The van der Waals surface area contributed by atoms with E-state index in [-0.39, 0.29) is 5.91 Å². The second-order valence-corrected chi connectivity index (χ2v) is 4.78. The zero-order valence-corrected chi connectivity index (χ0v) is 12.3. The minimum atomic E-state index is -0.222. The molecule has 7 nitrogen and oxygen atoms in total. The van der Waals surface area contributed by atoms with Crippen molar-refractivity contribution in [3.05, 3.63) is 28.8 Å². The summed E-state index contributed by atoms with van der Waals surface area (Å²) in [7, 11) is 3.57. The number of rotatable bonds is 4. The van der Waals surface area contributed by atoms with Crippen LogP contribution < -0.4 is 11.1 Å². The molecule has 0 radical (unpaired) electrons. The first-order valence-corrected chi connectivity index (χ1v) is 6.52. The van der Waals surface area contributed by atoms with Crippen LogP contribution in [0.4, 0.5) is 5.69 Å². The van der Waals surface area contributed by atoms with Crippen molar-refractivity contribution in [1.29, 1.82) is 0 Å². The molecule has 0 unspecified atom stereocenters. The maximum atomic E-state index is 12.2. The van der Waals surface area contributed by atoms with Crippen molar-refractivity contribution in [3.63, 3.8) is 0 Å². The average molecular weight is 276 g/mol. The standard InChI is InChI=1S/C13H20N6O/c1-5-10-11(14)12(19(4)17-10)13(20)15-6-9-7-18(3)16-8(9)2/h7H,5-6,14H2,1-4H3,(H,15,20). The van der Waals surface area contributed by atoms with Gasteiger partial charge in [-0.05, 0) is 13.3 Å². The molecule has 108 valence electrons. The van der Waals surface area contributed by atoms with Gasteiger partial charge in [0.2, 0.25) is 0 Å². The lowest BCUT2D eigenvalue weighted by Crippen LogP contribution is -2.26. The van der Waals surface area contributed by atoms with Gasteiger partial charge in [0.05, 0.1) is 17.1 Å². The molecular weight excluding hydrogens is 256 g/mol. The predicted octanol–water partition coefficient (Wildman–Crippen LogP) is 0.537. The molecule has 1 amide bonds. The van der Waals surface area contributed by atoms with Crippen molar-refractivity contribution in [2.45, 2.75) is 26.8 Å². The molecule has 0 bridgehead atoms. The Balaban J connectivity index is 2.13. The van der Waals surface area contributed by atoms with Crippen LogP contribution in [0.5, 0.6) is 0 Å². The summed E-state index contributed by atoms with van der Waals surface area (Å²) >= 11 is 0. The second-order valence-electron chi connectivity index (χ2n) is 4.78. The summed E-state index contributed by atoms with van der Waals surface area (Å²) in [6.07, 6.45) is 2.59. The Morgan fingerprint density at radius 3 is 2.60 bits per heavy atom. The number of nitrogens with one attached hydrogen (secondary N) is 1. The number of nitrogens with zero attached hydrogens (tertiary/aromatic N) is 4. The van der Waals surface area contributed by atoms with E-state index in [2.05, 4.69) is 15.5 Å². The molecule has 0 fully saturated rings. The zero-order valence-electron chi connectivity index (χ0n) is 12.3. The fraction of sp³-hybridized carbons (Fsp3) is 0.462. The maximum Gasteiger partial charge on any atom is 0.271 e. The van der Waals surface area contributed by atoms with Crippen LogP contribution in [0.25, 0.3) is 0 Å². The number of amides is 1. The third kappa shape index (κ3) is 2.52. The van der Waals surface area contributed by atoms with Crippen LogP contribution in [0.2, 0.25) is 0 Å². The monoisotopic (exact) mass is 276 g/mol. The van der Waals surface area contributed by atoms with Crippen molar-refractivity contribution in [2.24, 2.45) is 14.1 Å². The van der Waals surface area contributed by atoms with E-state index < -0.39 is 0 Å². The molecule has 3 N–H and O–H groups in total. The van der Waals surface area contributed by atoms with Crippen LogP contribution in [-0.4, -0.2) is 25.5 Å². The second kappa shape index (κ2) is 5.36. The maximum absolute atomic E-state index is 12.2. The van der Waals surface area contributed by atoms with Gasteiger partial charge >= 0.3 is 0 Å². The molecule has 0 aromatic carbocycles. The number of hydrogen-bond donors (Lipinski definition) is 2. The van der Waals surface area contributed by atoms with Gasteiger partial charge in [-0.15, -0.1) is 0 Å². The minimum absolute atomic E-state index is 0.222. The smallest absolute Gasteiger partial charge is 0.271 e. The van der Waals surface area contributed by atoms with Gasteiger partial charge in [0.1, 0.15) is 5.69 Å². The lowest BCUT2D eigenvalue weighted by atomic mass is 10.2. The van der Waals surface area contributed by atoms with Crippen molar-refractivity contribution >= 4 is 11.6 Å². The highest BCUT2D eigenvalue weighted by atomic mass is 16.2. The van der Waals surface area contributed by atoms with Gasteiger partial charge in [0.25, 0.3) is 5.91 Å². The summed E-state index contributed by atoms with van der Waals surface area (Å²) in [6, 6.07) is 0. The van der Waals surface area contributed by atoms with Gasteiger partial charge in [0, 0.05) is 32.4 Å². The number of aryl methyl sites for hydroxylation is 4. The molecule has 0 saturated heterocycles. The van der Waals surface area contributed by atoms with E-state index in [1.807, 2.05) is 27.1 Å². The van der Waals surface area contributed by atoms with Gasteiger partial charge < -0.3 is 11.1 Å². The number of nitrogens with two attached hydrogens (primary N) is 1. The summed E-state index contributed by atoms with van der Waals surface area (Å²) in [6.45, 7) is 4.29. The Labute approximate surface area is 117 Å². The van der Waals surface area contributed by atoms with Crippen molar-refractivity contribution in [1.82, 2.24) is 24.9 Å². The number of nitrogen functional groups attached to an aromatic ring is 1. The van der Waals surface area contributed by atoms with E-state index in [4.69, 9.17) is 5.73 Å². The Morgan fingerprint density at radius 2 is 2.10 bits per heavy atom. The van der Waals surface area contributed by atoms with Crippen LogP contribution in [0.1, 0.15) is 34.4 Å². The SMILES string of the molecule is CCc1nn(C)c(C(=O)NCc2cn(C)nc2C)c1N. The first kappa shape index (κ1) is 14.1. The number of aromatic nitrogens is 4. The van der Waals surface area contributed by atoms with E-state index in [1.165, 1.54) is 4.68 Å². The fourth-order valence-electron chi connectivity index (χ4n) is 2.21. The molecule has 7 heteroatoms. The molecule has 0 saturated carbocycles. The first-order chi connectivity index (χ1) is 9.43. The molecule has 0 spiro atoms. The zero-order chi connectivity index (χ0) is 14.9. The molecule has 0 aliphatic carbocycles. The molecule has 0 atom stereocenters. The normalized spacial score (nSPS) is 10.8. The Bertz CT molecular complexity index is 640. The highest BCUT2D eigenvalue weighted by molar-refractivity contribution is 5.97. The molecule has 2 aromatic heterocycles. The third-order valence-corrected chi connectivity index (χ3v) is 3.26. The van der Waals surface area contributed by atoms with Gasteiger partial charge in [-0.25, -0.2) is 0 Å². The van der Waals surface area contributed by atoms with Crippen LogP contribution in [0, 0.1) is 6.92 Å². The van der Waals surface area contributed by atoms with Crippen molar-refractivity contribution in [3.8, 4) is 0 Å². The van der Waals surface area contributed by atoms with Gasteiger partial charge in [-0.1, -0.05) is 6.92 Å². The van der Waals surface area contributed by atoms with Crippen LogP contribution in [0.15, 0.2) is 6.20 Å². The van der Waals surface area contributed by atoms with E-state index in [0.29, 0.717) is 24.3 Å². The van der Waals surface area contributed by atoms with Crippen molar-refractivity contribution < 1.29 is 4.79 Å². The Hall–Kier alpha value is -2.31. The number of carbonyl (C=O) groups excluding carboxylic acids is 1. The minimum Gasteiger partial charge on any atom is -0.395 e. The summed E-state index contributed by atoms with van der Waals surface area (Å²) in [4.78, 5) is 12.2. The number of hydrogen-bond acceptors (Lipinski definition) is 4. The Morgan fingerprint density at radius 1 is 1.40 bits per heavy atom.